The maximum atomic E-state index is 11.8. The van der Waals surface area contributed by atoms with E-state index in [2.05, 4.69) is 5.16 Å². The molecule has 0 heterocycles. The van der Waals surface area contributed by atoms with E-state index in [-0.39, 0.29) is 12.3 Å². The van der Waals surface area contributed by atoms with E-state index in [1.807, 2.05) is 43.3 Å². The molecule has 6 heteroatoms. The van der Waals surface area contributed by atoms with E-state index in [9.17, 15) is 4.79 Å². The standard InChI is InChI=1S/C17H18N2O4/c1-12-7-3-6-10-15(12)23-11-13-8-4-5-9-14(13)16(19-22-2)17(20)18-21/h3-10,21H,11H2,1-2H3,(H,18,20)/b19-16-. The molecule has 0 spiro atoms. The number of carbonyl (C=O) groups excluding carboxylic acids is 1. The third-order valence-electron chi connectivity index (χ3n) is 3.25. The highest BCUT2D eigenvalue weighted by Crippen LogP contribution is 2.19. The molecule has 2 rings (SSSR count). The number of rotatable bonds is 6. The highest BCUT2D eigenvalue weighted by atomic mass is 16.6. The average molecular weight is 314 g/mol. The molecular weight excluding hydrogens is 296 g/mol. The molecular formula is C17H18N2O4. The summed E-state index contributed by atoms with van der Waals surface area (Å²) in [5, 5.41) is 12.5. The second kappa shape index (κ2) is 7.95. The molecule has 2 aromatic carbocycles. The van der Waals surface area contributed by atoms with Crippen LogP contribution in [0.5, 0.6) is 5.75 Å². The number of aryl methyl sites for hydroxylation is 1. The molecule has 0 bridgehead atoms. The van der Waals surface area contributed by atoms with Crippen LogP contribution in [0.2, 0.25) is 0 Å². The van der Waals surface area contributed by atoms with Crippen LogP contribution in [0, 0.1) is 6.92 Å². The summed E-state index contributed by atoms with van der Waals surface area (Å²) < 4.78 is 5.82. The van der Waals surface area contributed by atoms with Crippen LogP contribution in [-0.4, -0.2) is 23.9 Å². The lowest BCUT2D eigenvalue weighted by molar-refractivity contribution is -0.122. The van der Waals surface area contributed by atoms with Crippen LogP contribution in [0.3, 0.4) is 0 Å². The summed E-state index contributed by atoms with van der Waals surface area (Å²) in [5.74, 6) is 0.00864. The van der Waals surface area contributed by atoms with Gasteiger partial charge in [0.2, 0.25) is 0 Å². The molecule has 2 aromatic rings. The van der Waals surface area contributed by atoms with Gasteiger partial charge < -0.3 is 9.57 Å². The summed E-state index contributed by atoms with van der Waals surface area (Å²) in [6.45, 7) is 2.21. The minimum Gasteiger partial charge on any atom is -0.489 e. The zero-order valence-corrected chi connectivity index (χ0v) is 12.9. The van der Waals surface area contributed by atoms with Crippen molar-refractivity contribution in [2.75, 3.05) is 7.11 Å². The summed E-state index contributed by atoms with van der Waals surface area (Å²) in [5.41, 5.74) is 3.82. The Morgan fingerprint density at radius 3 is 2.57 bits per heavy atom. The first-order valence-corrected chi connectivity index (χ1v) is 6.99. The number of nitrogens with zero attached hydrogens (tertiary/aromatic N) is 1. The molecule has 0 unspecified atom stereocenters. The van der Waals surface area contributed by atoms with Gasteiger partial charge in [0.15, 0.2) is 5.71 Å². The van der Waals surface area contributed by atoms with E-state index in [1.54, 1.807) is 17.6 Å². The molecule has 0 aliphatic heterocycles. The first-order valence-electron chi connectivity index (χ1n) is 6.99. The predicted molar refractivity (Wildman–Crippen MR) is 85.4 cm³/mol. The normalized spacial score (nSPS) is 11.0. The number of hydrogen-bond donors (Lipinski definition) is 2. The lowest BCUT2D eigenvalue weighted by Crippen LogP contribution is -2.30. The average Bonchev–Trinajstić information content (AvgIpc) is 2.59. The summed E-state index contributed by atoms with van der Waals surface area (Å²) in [6, 6.07) is 14.8. The molecule has 0 saturated heterocycles. The number of hydrogen-bond acceptors (Lipinski definition) is 5. The molecule has 0 aromatic heterocycles. The topological polar surface area (TPSA) is 80.2 Å². The van der Waals surface area contributed by atoms with Gasteiger partial charge in [0, 0.05) is 5.56 Å². The van der Waals surface area contributed by atoms with E-state index in [0.717, 1.165) is 16.9 Å². The molecule has 0 fully saturated rings. The van der Waals surface area contributed by atoms with Crippen LogP contribution in [0.4, 0.5) is 0 Å². The Morgan fingerprint density at radius 2 is 1.87 bits per heavy atom. The third kappa shape index (κ3) is 4.08. The Labute approximate surface area is 134 Å². The van der Waals surface area contributed by atoms with Gasteiger partial charge in [-0.25, -0.2) is 5.48 Å². The summed E-state index contributed by atoms with van der Waals surface area (Å²) in [6.07, 6.45) is 0. The quantitative estimate of drug-likeness (QED) is 0.487. The number of amides is 1. The molecule has 0 radical (unpaired) electrons. The maximum Gasteiger partial charge on any atom is 0.297 e. The Hall–Kier alpha value is -2.86. The molecule has 23 heavy (non-hydrogen) atoms. The van der Waals surface area contributed by atoms with E-state index in [4.69, 9.17) is 14.8 Å². The van der Waals surface area contributed by atoms with Crippen molar-refractivity contribution in [3.63, 3.8) is 0 Å². The highest BCUT2D eigenvalue weighted by Gasteiger charge is 2.18. The van der Waals surface area contributed by atoms with Gasteiger partial charge in [-0.2, -0.15) is 0 Å². The summed E-state index contributed by atoms with van der Waals surface area (Å²) in [7, 11) is 1.33. The minimum absolute atomic E-state index is 0.0287. The lowest BCUT2D eigenvalue weighted by Gasteiger charge is -2.13. The second-order valence-electron chi connectivity index (χ2n) is 4.77. The fourth-order valence-electron chi connectivity index (χ4n) is 2.11. The summed E-state index contributed by atoms with van der Waals surface area (Å²) >= 11 is 0. The molecule has 0 atom stereocenters. The largest absolute Gasteiger partial charge is 0.489 e. The van der Waals surface area contributed by atoms with Crippen molar-refractivity contribution in [1.82, 2.24) is 5.48 Å². The van der Waals surface area contributed by atoms with Gasteiger partial charge in [0.05, 0.1) is 0 Å². The van der Waals surface area contributed by atoms with E-state index >= 15 is 0 Å². The number of oxime groups is 1. The Bertz CT molecular complexity index is 713. The number of benzene rings is 2. The fourth-order valence-corrected chi connectivity index (χ4v) is 2.11. The second-order valence-corrected chi connectivity index (χ2v) is 4.77. The van der Waals surface area contributed by atoms with Crippen LogP contribution in [-0.2, 0) is 16.2 Å². The summed E-state index contributed by atoms with van der Waals surface area (Å²) in [4.78, 5) is 16.5. The first-order chi connectivity index (χ1) is 11.2. The van der Waals surface area contributed by atoms with Crippen molar-refractivity contribution >= 4 is 11.6 Å². The molecule has 0 saturated carbocycles. The Morgan fingerprint density at radius 1 is 1.17 bits per heavy atom. The van der Waals surface area contributed by atoms with Crippen molar-refractivity contribution in [1.29, 1.82) is 0 Å². The Kier molecular flexibility index (Phi) is 5.71. The van der Waals surface area contributed by atoms with Crippen molar-refractivity contribution in [2.45, 2.75) is 13.5 Å². The van der Waals surface area contributed by atoms with Crippen LogP contribution in [0.1, 0.15) is 16.7 Å². The number of hydroxylamine groups is 1. The molecule has 120 valence electrons. The van der Waals surface area contributed by atoms with E-state index < -0.39 is 5.91 Å². The molecule has 1 amide bonds. The van der Waals surface area contributed by atoms with Gasteiger partial charge in [-0.1, -0.05) is 47.6 Å². The number of nitrogens with one attached hydrogen (secondary N) is 1. The van der Waals surface area contributed by atoms with Gasteiger partial charge in [0.25, 0.3) is 5.91 Å². The molecule has 6 nitrogen and oxygen atoms in total. The fraction of sp³-hybridized carbons (Fsp3) is 0.176. The van der Waals surface area contributed by atoms with Crippen LogP contribution >= 0.6 is 0 Å². The number of para-hydroxylation sites is 1. The van der Waals surface area contributed by atoms with Crippen LogP contribution in [0.25, 0.3) is 0 Å². The monoisotopic (exact) mass is 314 g/mol. The zero-order valence-electron chi connectivity index (χ0n) is 12.9. The SMILES string of the molecule is CO/N=C(\C(=O)NO)c1ccccc1COc1ccccc1C. The lowest BCUT2D eigenvalue weighted by atomic mass is 10.0. The minimum atomic E-state index is -0.754. The molecule has 2 N–H and O–H groups in total. The van der Waals surface area contributed by atoms with Crippen LogP contribution < -0.4 is 10.2 Å². The maximum absolute atomic E-state index is 11.8. The third-order valence-corrected chi connectivity index (χ3v) is 3.25. The van der Waals surface area contributed by atoms with Crippen molar-refractivity contribution in [3.05, 3.63) is 65.2 Å². The van der Waals surface area contributed by atoms with Gasteiger partial charge in [0.1, 0.15) is 19.5 Å². The van der Waals surface area contributed by atoms with Crippen molar-refractivity contribution in [3.8, 4) is 5.75 Å². The van der Waals surface area contributed by atoms with Crippen molar-refractivity contribution in [2.24, 2.45) is 5.16 Å². The Balaban J connectivity index is 2.28. The molecule has 0 aliphatic carbocycles. The van der Waals surface area contributed by atoms with Crippen LogP contribution in [0.15, 0.2) is 53.7 Å². The van der Waals surface area contributed by atoms with E-state index in [0.29, 0.717) is 5.56 Å². The smallest absolute Gasteiger partial charge is 0.297 e. The predicted octanol–water partition coefficient (Wildman–Crippen LogP) is 2.43. The highest BCUT2D eigenvalue weighted by molar-refractivity contribution is 6.45. The van der Waals surface area contributed by atoms with Gasteiger partial charge in [-0.3, -0.25) is 10.0 Å². The number of ether oxygens (including phenoxy) is 1. The van der Waals surface area contributed by atoms with Crippen molar-refractivity contribution < 1.29 is 19.6 Å². The molecule has 0 aliphatic rings. The zero-order chi connectivity index (χ0) is 16.7. The van der Waals surface area contributed by atoms with Gasteiger partial charge in [-0.05, 0) is 24.1 Å². The first kappa shape index (κ1) is 16.5. The van der Waals surface area contributed by atoms with Gasteiger partial charge in [-0.15, -0.1) is 0 Å². The van der Waals surface area contributed by atoms with Gasteiger partial charge >= 0.3 is 0 Å². The van der Waals surface area contributed by atoms with E-state index in [1.165, 1.54) is 7.11 Å². The number of carbonyl (C=O) groups is 1.